The van der Waals surface area contributed by atoms with Gasteiger partial charge in [-0.25, -0.2) is 0 Å². The molecule has 2 fully saturated rings. The lowest BCUT2D eigenvalue weighted by Crippen LogP contribution is -2.55. The smallest absolute Gasteiger partial charge is 0.246 e. The molecule has 2 heterocycles. The molecule has 0 bridgehead atoms. The summed E-state index contributed by atoms with van der Waals surface area (Å²) >= 11 is 0. The van der Waals surface area contributed by atoms with Crippen molar-refractivity contribution in [3.05, 3.63) is 12.4 Å². The summed E-state index contributed by atoms with van der Waals surface area (Å²) < 4.78 is 1.70. The highest BCUT2D eigenvalue weighted by molar-refractivity contribution is 5.98. The Morgan fingerprint density at radius 2 is 2.03 bits per heavy atom. The molecular formula is C21H35N7O2. The van der Waals surface area contributed by atoms with Gasteiger partial charge in [0, 0.05) is 45.8 Å². The largest absolute Gasteiger partial charge is 0.357 e. The minimum Gasteiger partial charge on any atom is -0.357 e. The van der Waals surface area contributed by atoms with Crippen molar-refractivity contribution in [3.8, 4) is 0 Å². The number of nitrogens with one attached hydrogen (secondary N) is 2. The van der Waals surface area contributed by atoms with Gasteiger partial charge in [0.1, 0.15) is 6.54 Å². The van der Waals surface area contributed by atoms with Gasteiger partial charge in [-0.05, 0) is 25.7 Å². The van der Waals surface area contributed by atoms with Crippen molar-refractivity contribution in [1.29, 1.82) is 0 Å². The number of nitrogens with zero attached hydrogens (tertiary/aromatic N) is 5. The highest BCUT2D eigenvalue weighted by atomic mass is 16.2. The van der Waals surface area contributed by atoms with Gasteiger partial charge in [0.2, 0.25) is 11.8 Å². The fraction of sp³-hybridized carbons (Fsp3) is 0.714. The molecule has 1 aliphatic heterocycles. The van der Waals surface area contributed by atoms with Crippen LogP contribution in [0.3, 0.4) is 0 Å². The number of anilines is 1. The van der Waals surface area contributed by atoms with Crippen molar-refractivity contribution in [1.82, 2.24) is 25.3 Å². The van der Waals surface area contributed by atoms with Crippen LogP contribution in [0.2, 0.25) is 0 Å². The first kappa shape index (κ1) is 22.1. The molecule has 30 heavy (non-hydrogen) atoms. The van der Waals surface area contributed by atoms with E-state index < -0.39 is 0 Å². The van der Waals surface area contributed by atoms with Crippen LogP contribution < -0.4 is 15.5 Å². The number of hydrogen-bond donors (Lipinski definition) is 2. The molecule has 1 saturated carbocycles. The number of carbonyl (C=O) groups is 2. The summed E-state index contributed by atoms with van der Waals surface area (Å²) in [5.41, 5.74) is 0.824. The second kappa shape index (κ2) is 11.0. The molecule has 2 aliphatic rings. The van der Waals surface area contributed by atoms with Gasteiger partial charge in [0.15, 0.2) is 5.96 Å². The SMILES string of the molecule is CCNC(=NCCNC(=O)CC1CCCCC1)N1CCN(c2cnn(C)c2)C(=O)C1. The van der Waals surface area contributed by atoms with Gasteiger partial charge < -0.3 is 20.4 Å². The van der Waals surface area contributed by atoms with Crippen LogP contribution in [0.5, 0.6) is 0 Å². The van der Waals surface area contributed by atoms with Crippen LogP contribution in [-0.2, 0) is 16.6 Å². The van der Waals surface area contributed by atoms with E-state index >= 15 is 0 Å². The van der Waals surface area contributed by atoms with Gasteiger partial charge in [-0.2, -0.15) is 5.10 Å². The summed E-state index contributed by atoms with van der Waals surface area (Å²) in [6, 6.07) is 0. The van der Waals surface area contributed by atoms with E-state index in [1.165, 1.54) is 32.1 Å². The molecule has 9 nitrogen and oxygen atoms in total. The summed E-state index contributed by atoms with van der Waals surface area (Å²) in [4.78, 5) is 33.2. The van der Waals surface area contributed by atoms with E-state index in [1.54, 1.807) is 15.8 Å². The van der Waals surface area contributed by atoms with E-state index in [0.717, 1.165) is 18.2 Å². The Morgan fingerprint density at radius 3 is 2.70 bits per heavy atom. The lowest BCUT2D eigenvalue weighted by molar-refractivity contribution is -0.122. The number of aromatic nitrogens is 2. The van der Waals surface area contributed by atoms with E-state index in [-0.39, 0.29) is 18.4 Å². The highest BCUT2D eigenvalue weighted by Crippen LogP contribution is 2.26. The number of aliphatic imine (C=N–C) groups is 1. The third-order valence-corrected chi connectivity index (χ3v) is 5.75. The molecule has 1 aromatic rings. The Bertz CT molecular complexity index is 739. The highest BCUT2D eigenvalue weighted by Gasteiger charge is 2.27. The van der Waals surface area contributed by atoms with E-state index in [1.807, 2.05) is 25.1 Å². The Labute approximate surface area is 178 Å². The number of piperazine rings is 1. The molecule has 0 radical (unpaired) electrons. The fourth-order valence-electron chi connectivity index (χ4n) is 4.18. The third kappa shape index (κ3) is 6.21. The average molecular weight is 418 g/mol. The van der Waals surface area contributed by atoms with Crippen LogP contribution in [0.25, 0.3) is 0 Å². The first-order valence-electron chi connectivity index (χ1n) is 11.2. The van der Waals surface area contributed by atoms with Crippen molar-refractivity contribution >= 4 is 23.5 Å². The van der Waals surface area contributed by atoms with Crippen LogP contribution in [0.15, 0.2) is 17.4 Å². The molecule has 0 aromatic carbocycles. The molecule has 2 amide bonds. The van der Waals surface area contributed by atoms with Crippen LogP contribution in [0.4, 0.5) is 5.69 Å². The zero-order valence-electron chi connectivity index (χ0n) is 18.3. The normalized spacial score (nSPS) is 18.6. The van der Waals surface area contributed by atoms with E-state index in [0.29, 0.717) is 38.5 Å². The Balaban J connectivity index is 1.46. The van der Waals surface area contributed by atoms with Crippen LogP contribution in [0.1, 0.15) is 45.4 Å². The summed E-state index contributed by atoms with van der Waals surface area (Å²) in [6.07, 6.45) is 10.4. The van der Waals surface area contributed by atoms with Crippen molar-refractivity contribution in [2.45, 2.75) is 45.4 Å². The lowest BCUT2D eigenvalue weighted by atomic mass is 9.87. The standard InChI is InChI=1S/C21H35N7O2/c1-3-22-21(24-10-9-23-19(29)13-17-7-5-4-6-8-17)27-11-12-28(20(30)16-27)18-14-25-26(2)15-18/h14-15,17H,3-13,16H2,1-2H3,(H,22,24)(H,23,29). The van der Waals surface area contributed by atoms with Crippen molar-refractivity contribution in [2.24, 2.45) is 18.0 Å². The topological polar surface area (TPSA) is 94.9 Å². The third-order valence-electron chi connectivity index (χ3n) is 5.75. The minimum atomic E-state index is 0.0284. The molecular weight excluding hydrogens is 382 g/mol. The predicted octanol–water partition coefficient (Wildman–Crippen LogP) is 1.12. The summed E-state index contributed by atoms with van der Waals surface area (Å²) in [5, 5.41) is 10.4. The summed E-state index contributed by atoms with van der Waals surface area (Å²) in [6.45, 7) is 5.31. The molecule has 166 valence electrons. The van der Waals surface area contributed by atoms with Gasteiger partial charge >= 0.3 is 0 Å². The monoisotopic (exact) mass is 417 g/mol. The molecule has 0 unspecified atom stereocenters. The molecule has 0 spiro atoms. The predicted molar refractivity (Wildman–Crippen MR) is 117 cm³/mol. The first-order valence-corrected chi connectivity index (χ1v) is 11.2. The molecule has 1 aliphatic carbocycles. The zero-order valence-corrected chi connectivity index (χ0v) is 18.3. The first-order chi connectivity index (χ1) is 14.6. The lowest BCUT2D eigenvalue weighted by Gasteiger charge is -2.35. The van der Waals surface area contributed by atoms with Crippen molar-refractivity contribution < 1.29 is 9.59 Å². The summed E-state index contributed by atoms with van der Waals surface area (Å²) in [5.74, 6) is 1.42. The second-order valence-corrected chi connectivity index (χ2v) is 8.13. The molecule has 1 aromatic heterocycles. The zero-order chi connectivity index (χ0) is 21.3. The maximum Gasteiger partial charge on any atom is 0.246 e. The minimum absolute atomic E-state index is 0.0284. The van der Waals surface area contributed by atoms with E-state index in [9.17, 15) is 9.59 Å². The number of aryl methyl sites for hydroxylation is 1. The Hall–Kier alpha value is -2.58. The van der Waals surface area contributed by atoms with Gasteiger partial charge in [-0.1, -0.05) is 19.3 Å². The van der Waals surface area contributed by atoms with Gasteiger partial charge in [0.05, 0.1) is 18.4 Å². The number of carbonyl (C=O) groups excluding carboxylic acids is 2. The number of hydrogen-bond acceptors (Lipinski definition) is 4. The molecule has 9 heteroatoms. The van der Waals surface area contributed by atoms with Crippen LogP contribution >= 0.6 is 0 Å². The quantitative estimate of drug-likeness (QED) is 0.394. The van der Waals surface area contributed by atoms with Crippen molar-refractivity contribution in [3.63, 3.8) is 0 Å². The molecule has 2 N–H and O–H groups in total. The number of guanidine groups is 1. The van der Waals surface area contributed by atoms with Gasteiger partial charge in [0.25, 0.3) is 0 Å². The molecule has 3 rings (SSSR count). The fourth-order valence-corrected chi connectivity index (χ4v) is 4.18. The Morgan fingerprint density at radius 1 is 1.23 bits per heavy atom. The maximum absolute atomic E-state index is 12.6. The molecule has 1 saturated heterocycles. The van der Waals surface area contributed by atoms with Crippen LogP contribution in [-0.4, -0.2) is 71.7 Å². The maximum atomic E-state index is 12.6. The van der Waals surface area contributed by atoms with E-state index in [4.69, 9.17) is 0 Å². The summed E-state index contributed by atoms with van der Waals surface area (Å²) in [7, 11) is 1.84. The average Bonchev–Trinajstić information content (AvgIpc) is 3.17. The van der Waals surface area contributed by atoms with Gasteiger partial charge in [-0.15, -0.1) is 0 Å². The van der Waals surface area contributed by atoms with Crippen LogP contribution in [0, 0.1) is 5.92 Å². The van der Waals surface area contributed by atoms with E-state index in [2.05, 4.69) is 20.7 Å². The number of amides is 2. The van der Waals surface area contributed by atoms with Gasteiger partial charge in [-0.3, -0.25) is 19.3 Å². The second-order valence-electron chi connectivity index (χ2n) is 8.13. The Kier molecular flexibility index (Phi) is 8.10. The van der Waals surface area contributed by atoms with Crippen molar-refractivity contribution in [2.75, 3.05) is 44.2 Å². The molecule has 0 atom stereocenters. The number of rotatable bonds is 7.